The van der Waals surface area contributed by atoms with Crippen molar-refractivity contribution < 1.29 is 0 Å². The van der Waals surface area contributed by atoms with Crippen LogP contribution in [0.3, 0.4) is 0 Å². The first-order valence-corrected chi connectivity index (χ1v) is 13.3. The largest absolute Gasteiger partial charge is 0.338 e. The molecule has 0 spiro atoms. The van der Waals surface area contributed by atoms with Crippen molar-refractivity contribution in [1.29, 1.82) is 0 Å². The number of nitrogens with zero attached hydrogens (tertiary/aromatic N) is 5. The van der Waals surface area contributed by atoms with Crippen LogP contribution in [0.25, 0.3) is 55.7 Å². The minimum absolute atomic E-state index is 0.855. The van der Waals surface area contributed by atoms with Crippen molar-refractivity contribution in [1.82, 2.24) is 35.0 Å². The van der Waals surface area contributed by atoms with E-state index < -0.39 is 0 Å². The third kappa shape index (κ3) is 3.88. The fourth-order valence-electron chi connectivity index (χ4n) is 5.19. The van der Waals surface area contributed by atoms with Crippen LogP contribution in [0.1, 0.15) is 24.8 Å². The van der Waals surface area contributed by atoms with Gasteiger partial charge in [0.25, 0.3) is 0 Å². The van der Waals surface area contributed by atoms with Crippen LogP contribution in [0, 0.1) is 0 Å². The number of thiophene rings is 1. The van der Waals surface area contributed by atoms with Crippen LogP contribution in [-0.4, -0.2) is 48.1 Å². The molecule has 6 aromatic heterocycles. The fourth-order valence-corrected chi connectivity index (χ4v) is 5.85. The lowest BCUT2D eigenvalue weighted by molar-refractivity contribution is 0.220. The molecule has 7 nitrogen and oxygen atoms in total. The summed E-state index contributed by atoms with van der Waals surface area (Å²) >= 11 is 1.70. The molecule has 7 rings (SSSR count). The van der Waals surface area contributed by atoms with Crippen LogP contribution in [0.2, 0.25) is 0 Å². The van der Waals surface area contributed by atoms with Crippen molar-refractivity contribution in [3.63, 3.8) is 0 Å². The number of likely N-dealkylation sites (tertiary alicyclic amines) is 1. The van der Waals surface area contributed by atoms with Gasteiger partial charge < -0.3 is 4.98 Å². The third-order valence-corrected chi connectivity index (χ3v) is 7.70. The Morgan fingerprint density at radius 3 is 2.75 bits per heavy atom. The molecule has 0 aliphatic carbocycles. The van der Waals surface area contributed by atoms with E-state index in [1.165, 1.54) is 49.0 Å². The molecule has 8 heteroatoms. The van der Waals surface area contributed by atoms with E-state index in [4.69, 9.17) is 4.98 Å². The average molecular weight is 492 g/mol. The molecule has 0 radical (unpaired) electrons. The second-order valence-corrected chi connectivity index (χ2v) is 10.2. The minimum Gasteiger partial charge on any atom is -0.338 e. The van der Waals surface area contributed by atoms with E-state index in [1.807, 2.05) is 24.8 Å². The van der Waals surface area contributed by atoms with Crippen molar-refractivity contribution in [3.05, 3.63) is 71.4 Å². The van der Waals surface area contributed by atoms with Gasteiger partial charge in [0.15, 0.2) is 0 Å². The molecule has 178 valence electrons. The molecule has 2 N–H and O–H groups in total. The highest BCUT2D eigenvalue weighted by atomic mass is 32.1. The number of fused-ring (bicyclic) bond motifs is 2. The minimum atomic E-state index is 0.855. The second kappa shape index (κ2) is 8.96. The SMILES string of the molecule is c1cc(-c2ccsc2)c2cc(-c3n[nH]c4cnc(-c5cncc(CN6CCCCC6)c5)cc34)[nH]c2n1. The highest BCUT2D eigenvalue weighted by Crippen LogP contribution is 2.34. The Bertz CT molecular complexity index is 1660. The predicted octanol–water partition coefficient (Wildman–Crippen LogP) is 6.28. The Kier molecular flexibility index (Phi) is 5.33. The summed E-state index contributed by atoms with van der Waals surface area (Å²) in [6.45, 7) is 3.27. The number of H-pyrrole nitrogens is 2. The maximum atomic E-state index is 4.72. The van der Waals surface area contributed by atoms with Gasteiger partial charge in [-0.3, -0.25) is 20.0 Å². The zero-order valence-electron chi connectivity index (χ0n) is 19.7. The van der Waals surface area contributed by atoms with E-state index >= 15 is 0 Å². The van der Waals surface area contributed by atoms with E-state index in [2.05, 4.69) is 71.1 Å². The summed E-state index contributed by atoms with van der Waals surface area (Å²) in [6.07, 6.45) is 11.5. The van der Waals surface area contributed by atoms with E-state index in [9.17, 15) is 0 Å². The molecule has 1 saturated heterocycles. The first-order valence-electron chi connectivity index (χ1n) is 12.3. The summed E-state index contributed by atoms with van der Waals surface area (Å²) in [4.78, 5) is 19.8. The normalized spacial score (nSPS) is 14.7. The maximum Gasteiger partial charge on any atom is 0.138 e. The lowest BCUT2D eigenvalue weighted by atomic mass is 10.1. The zero-order valence-corrected chi connectivity index (χ0v) is 20.6. The molecular formula is C28H25N7S. The number of rotatable bonds is 5. The van der Waals surface area contributed by atoms with Crippen LogP contribution in [0.5, 0.6) is 0 Å². The summed E-state index contributed by atoms with van der Waals surface area (Å²) < 4.78 is 0. The second-order valence-electron chi connectivity index (χ2n) is 9.42. The summed E-state index contributed by atoms with van der Waals surface area (Å²) in [5.74, 6) is 0. The summed E-state index contributed by atoms with van der Waals surface area (Å²) in [5.41, 5.74) is 9.07. The standard InChI is InChI=1S/C28H25N7S/c1-2-7-35(8-3-1)16-18-10-20(14-29-13-18)24-12-23-26(15-31-24)33-34-27(23)25-11-22-21(19-5-9-36-17-19)4-6-30-28(22)32-25/h4-6,9-15,17H,1-3,7-8,16H2,(H,30,32)(H,33,34). The van der Waals surface area contributed by atoms with Crippen LogP contribution in [0.15, 0.2) is 65.9 Å². The van der Waals surface area contributed by atoms with Crippen molar-refractivity contribution >= 4 is 33.3 Å². The molecule has 0 unspecified atom stereocenters. The number of hydrogen-bond acceptors (Lipinski definition) is 6. The van der Waals surface area contributed by atoms with Gasteiger partial charge in [-0.15, -0.1) is 0 Å². The third-order valence-electron chi connectivity index (χ3n) is 7.01. The number of pyridine rings is 3. The number of hydrogen-bond donors (Lipinski definition) is 2. The predicted molar refractivity (Wildman–Crippen MR) is 145 cm³/mol. The Morgan fingerprint density at radius 1 is 0.917 bits per heavy atom. The van der Waals surface area contributed by atoms with Gasteiger partial charge in [-0.1, -0.05) is 6.42 Å². The van der Waals surface area contributed by atoms with Crippen molar-refractivity contribution in [2.45, 2.75) is 25.8 Å². The molecule has 7 heterocycles. The monoisotopic (exact) mass is 491 g/mol. The average Bonchev–Trinajstić information content (AvgIpc) is 3.68. The highest BCUT2D eigenvalue weighted by Gasteiger charge is 2.16. The fraction of sp³-hybridized carbons (Fsp3) is 0.214. The summed E-state index contributed by atoms with van der Waals surface area (Å²) in [5, 5.41) is 14.2. The Balaban J connectivity index is 1.26. The quantitative estimate of drug-likeness (QED) is 0.296. The van der Waals surface area contributed by atoms with Crippen molar-refractivity contribution in [2.75, 3.05) is 13.1 Å². The maximum absolute atomic E-state index is 4.72. The van der Waals surface area contributed by atoms with Gasteiger partial charge in [0, 0.05) is 41.5 Å². The molecule has 0 atom stereocenters. The topological polar surface area (TPSA) is 86.4 Å². The lowest BCUT2D eigenvalue weighted by Gasteiger charge is -2.26. The molecule has 0 aromatic carbocycles. The molecule has 1 fully saturated rings. The molecule has 1 aliphatic heterocycles. The Morgan fingerprint density at radius 2 is 1.86 bits per heavy atom. The number of aromatic nitrogens is 6. The number of aromatic amines is 2. The molecular weight excluding hydrogens is 466 g/mol. The molecule has 6 aromatic rings. The van der Waals surface area contributed by atoms with Gasteiger partial charge in [-0.05, 0) is 83.7 Å². The number of nitrogens with one attached hydrogen (secondary N) is 2. The summed E-state index contributed by atoms with van der Waals surface area (Å²) in [7, 11) is 0. The van der Waals surface area contributed by atoms with Gasteiger partial charge >= 0.3 is 0 Å². The van der Waals surface area contributed by atoms with Gasteiger partial charge in [-0.2, -0.15) is 16.4 Å². The zero-order chi connectivity index (χ0) is 23.9. The highest BCUT2D eigenvalue weighted by molar-refractivity contribution is 7.08. The lowest BCUT2D eigenvalue weighted by Crippen LogP contribution is -2.29. The van der Waals surface area contributed by atoms with Crippen LogP contribution < -0.4 is 0 Å². The van der Waals surface area contributed by atoms with Crippen LogP contribution in [-0.2, 0) is 6.54 Å². The first-order chi connectivity index (χ1) is 17.8. The van der Waals surface area contributed by atoms with Crippen molar-refractivity contribution in [2.24, 2.45) is 0 Å². The smallest absolute Gasteiger partial charge is 0.138 e. The van der Waals surface area contributed by atoms with Gasteiger partial charge in [0.1, 0.15) is 11.3 Å². The molecule has 0 bridgehead atoms. The van der Waals surface area contributed by atoms with Gasteiger partial charge in [0.05, 0.1) is 23.1 Å². The molecule has 0 saturated carbocycles. The van der Waals surface area contributed by atoms with Crippen LogP contribution in [0.4, 0.5) is 0 Å². The van der Waals surface area contributed by atoms with E-state index in [1.54, 1.807) is 11.3 Å². The molecule has 1 aliphatic rings. The molecule has 0 amide bonds. The van der Waals surface area contributed by atoms with Gasteiger partial charge in [-0.25, -0.2) is 4.98 Å². The Labute approximate surface area is 212 Å². The Hall–Kier alpha value is -3.88. The van der Waals surface area contributed by atoms with E-state index in [-0.39, 0.29) is 0 Å². The van der Waals surface area contributed by atoms with Crippen LogP contribution >= 0.6 is 11.3 Å². The summed E-state index contributed by atoms with van der Waals surface area (Å²) in [6, 6.07) is 10.7. The number of piperidine rings is 1. The van der Waals surface area contributed by atoms with Crippen molar-refractivity contribution in [3.8, 4) is 33.8 Å². The van der Waals surface area contributed by atoms with E-state index in [0.717, 1.165) is 51.1 Å². The first kappa shape index (κ1) is 21.4. The molecule has 36 heavy (non-hydrogen) atoms. The van der Waals surface area contributed by atoms with Gasteiger partial charge in [0.2, 0.25) is 0 Å². The van der Waals surface area contributed by atoms with E-state index in [0.29, 0.717) is 0 Å².